The van der Waals surface area contributed by atoms with Crippen LogP contribution >= 0.6 is 0 Å². The fraction of sp³-hybridized carbons (Fsp3) is 0.556. The minimum atomic E-state index is 0.167. The lowest BCUT2D eigenvalue weighted by Gasteiger charge is -2.36. The number of ether oxygens (including phenoxy) is 2. The minimum absolute atomic E-state index is 0.167. The third kappa shape index (κ3) is 3.48. The molecule has 0 saturated carbocycles. The van der Waals surface area contributed by atoms with Crippen molar-refractivity contribution in [2.24, 2.45) is 0 Å². The van der Waals surface area contributed by atoms with Crippen LogP contribution in [0.15, 0.2) is 22.7 Å². The van der Waals surface area contributed by atoms with Gasteiger partial charge in [-0.05, 0) is 24.6 Å². The van der Waals surface area contributed by atoms with E-state index in [2.05, 4.69) is 39.0 Å². The van der Waals surface area contributed by atoms with Gasteiger partial charge in [0.1, 0.15) is 0 Å². The third-order valence-electron chi connectivity index (χ3n) is 4.96. The van der Waals surface area contributed by atoms with Crippen LogP contribution in [-0.2, 0) is 13.0 Å². The zero-order valence-electron chi connectivity index (χ0n) is 14.8. The predicted molar refractivity (Wildman–Crippen MR) is 91.5 cm³/mol. The Balaban J connectivity index is 1.32. The summed E-state index contributed by atoms with van der Waals surface area (Å²) in [7, 11) is 0. The van der Waals surface area contributed by atoms with Gasteiger partial charge in [0.05, 0.1) is 6.04 Å². The Labute approximate surface area is 147 Å². The Bertz CT molecular complexity index is 725. The third-order valence-corrected chi connectivity index (χ3v) is 4.96. The number of nitrogens with zero attached hydrogens (tertiary/aromatic N) is 4. The monoisotopic (exact) mass is 344 g/mol. The largest absolute Gasteiger partial charge is 0.454 e. The average molecular weight is 344 g/mol. The van der Waals surface area contributed by atoms with Crippen molar-refractivity contribution >= 4 is 0 Å². The molecule has 7 heteroatoms. The van der Waals surface area contributed by atoms with Gasteiger partial charge in [-0.3, -0.25) is 9.80 Å². The van der Waals surface area contributed by atoms with E-state index < -0.39 is 0 Å². The number of piperazine rings is 1. The molecule has 4 rings (SSSR count). The molecule has 1 aromatic heterocycles. The molecular formula is C18H24N4O3. The molecule has 134 valence electrons. The lowest BCUT2D eigenvalue weighted by molar-refractivity contribution is 0.0845. The van der Waals surface area contributed by atoms with E-state index in [9.17, 15) is 0 Å². The van der Waals surface area contributed by atoms with Crippen molar-refractivity contribution in [2.75, 3.05) is 33.0 Å². The molecule has 1 fully saturated rings. The van der Waals surface area contributed by atoms with Gasteiger partial charge < -0.3 is 14.0 Å². The van der Waals surface area contributed by atoms with Gasteiger partial charge in [0.25, 0.3) is 0 Å². The molecule has 0 aliphatic carbocycles. The smallest absolute Gasteiger partial charge is 0.243 e. The molecule has 2 aliphatic heterocycles. The van der Waals surface area contributed by atoms with Crippen molar-refractivity contribution in [1.29, 1.82) is 0 Å². The Hall–Kier alpha value is -2.12. The van der Waals surface area contributed by atoms with E-state index >= 15 is 0 Å². The fourth-order valence-electron chi connectivity index (χ4n) is 3.34. The molecule has 0 N–H and O–H groups in total. The van der Waals surface area contributed by atoms with Crippen LogP contribution in [-0.4, -0.2) is 52.9 Å². The number of hydrogen-bond donors (Lipinski definition) is 0. The first-order chi connectivity index (χ1) is 12.2. The van der Waals surface area contributed by atoms with Gasteiger partial charge in [0, 0.05) is 39.1 Å². The van der Waals surface area contributed by atoms with Crippen LogP contribution in [0.4, 0.5) is 0 Å². The average Bonchev–Trinajstić information content (AvgIpc) is 3.30. The van der Waals surface area contributed by atoms with E-state index in [0.29, 0.717) is 6.79 Å². The maximum atomic E-state index is 5.46. The molecule has 2 aromatic rings. The molecule has 0 radical (unpaired) electrons. The molecule has 0 unspecified atom stereocenters. The van der Waals surface area contributed by atoms with Crippen molar-refractivity contribution in [1.82, 2.24) is 19.9 Å². The van der Waals surface area contributed by atoms with Crippen LogP contribution in [0.1, 0.15) is 37.2 Å². The van der Waals surface area contributed by atoms with E-state index in [1.807, 2.05) is 13.0 Å². The summed E-state index contributed by atoms with van der Waals surface area (Å²) >= 11 is 0. The van der Waals surface area contributed by atoms with E-state index in [1.165, 1.54) is 5.56 Å². The standard InChI is InChI=1S/C18H24N4O3/c1-3-17-19-18(25-20-17)13(2)22-8-6-21(7-9-22)11-14-4-5-15-16(10-14)24-12-23-15/h4-5,10,13H,3,6-9,11-12H2,1-2H3/t13-/m0/s1. The summed E-state index contributed by atoms with van der Waals surface area (Å²) in [6.45, 7) is 9.46. The van der Waals surface area contributed by atoms with E-state index in [4.69, 9.17) is 14.0 Å². The van der Waals surface area contributed by atoms with Crippen molar-refractivity contribution in [3.63, 3.8) is 0 Å². The lowest BCUT2D eigenvalue weighted by atomic mass is 10.1. The summed E-state index contributed by atoms with van der Waals surface area (Å²) < 4.78 is 16.2. The van der Waals surface area contributed by atoms with Crippen molar-refractivity contribution in [3.05, 3.63) is 35.5 Å². The van der Waals surface area contributed by atoms with Crippen molar-refractivity contribution in [2.45, 2.75) is 32.9 Å². The number of aryl methyl sites for hydroxylation is 1. The number of hydrogen-bond acceptors (Lipinski definition) is 7. The summed E-state index contributed by atoms with van der Waals surface area (Å²) in [5.74, 6) is 3.20. The fourth-order valence-corrected chi connectivity index (χ4v) is 3.34. The first-order valence-electron chi connectivity index (χ1n) is 8.90. The first kappa shape index (κ1) is 16.4. The van der Waals surface area contributed by atoms with Gasteiger partial charge in [-0.15, -0.1) is 0 Å². The first-order valence-corrected chi connectivity index (χ1v) is 8.90. The highest BCUT2D eigenvalue weighted by molar-refractivity contribution is 5.44. The van der Waals surface area contributed by atoms with Gasteiger partial charge in [0.15, 0.2) is 17.3 Å². The maximum absolute atomic E-state index is 5.46. The minimum Gasteiger partial charge on any atom is -0.454 e. The van der Waals surface area contributed by atoms with Crippen LogP contribution in [0.3, 0.4) is 0 Å². The normalized spacial score (nSPS) is 19.3. The Kier molecular flexibility index (Phi) is 4.59. The van der Waals surface area contributed by atoms with Crippen LogP contribution in [0.25, 0.3) is 0 Å². The van der Waals surface area contributed by atoms with E-state index in [-0.39, 0.29) is 6.04 Å². The van der Waals surface area contributed by atoms with Crippen LogP contribution in [0, 0.1) is 0 Å². The zero-order chi connectivity index (χ0) is 17.2. The predicted octanol–water partition coefficient (Wildman–Crippen LogP) is 2.24. The number of aromatic nitrogens is 2. The molecule has 25 heavy (non-hydrogen) atoms. The summed E-state index contributed by atoms with van der Waals surface area (Å²) in [6, 6.07) is 6.37. The Morgan fingerprint density at radius 3 is 2.68 bits per heavy atom. The number of rotatable bonds is 5. The quantitative estimate of drug-likeness (QED) is 0.824. The maximum Gasteiger partial charge on any atom is 0.243 e. The van der Waals surface area contributed by atoms with Crippen molar-refractivity contribution in [3.8, 4) is 11.5 Å². The highest BCUT2D eigenvalue weighted by Gasteiger charge is 2.26. The highest BCUT2D eigenvalue weighted by atomic mass is 16.7. The molecular weight excluding hydrogens is 320 g/mol. The second-order valence-corrected chi connectivity index (χ2v) is 6.58. The number of fused-ring (bicyclic) bond motifs is 1. The van der Waals surface area contributed by atoms with Crippen LogP contribution in [0.2, 0.25) is 0 Å². The molecule has 7 nitrogen and oxygen atoms in total. The van der Waals surface area contributed by atoms with Crippen LogP contribution in [0.5, 0.6) is 11.5 Å². The summed E-state index contributed by atoms with van der Waals surface area (Å²) in [5, 5.41) is 4.00. The summed E-state index contributed by atoms with van der Waals surface area (Å²) in [4.78, 5) is 9.34. The molecule has 3 heterocycles. The van der Waals surface area contributed by atoms with Gasteiger partial charge in [0.2, 0.25) is 12.7 Å². The van der Waals surface area contributed by atoms with E-state index in [1.54, 1.807) is 0 Å². The zero-order valence-corrected chi connectivity index (χ0v) is 14.8. The highest BCUT2D eigenvalue weighted by Crippen LogP contribution is 2.33. The summed E-state index contributed by atoms with van der Waals surface area (Å²) in [6.07, 6.45) is 0.805. The van der Waals surface area contributed by atoms with Gasteiger partial charge in [-0.2, -0.15) is 4.98 Å². The van der Waals surface area contributed by atoms with E-state index in [0.717, 1.165) is 62.4 Å². The Morgan fingerprint density at radius 2 is 1.92 bits per heavy atom. The molecule has 0 bridgehead atoms. The second kappa shape index (κ2) is 7.01. The molecule has 1 aromatic carbocycles. The molecule has 2 aliphatic rings. The van der Waals surface area contributed by atoms with Crippen molar-refractivity contribution < 1.29 is 14.0 Å². The topological polar surface area (TPSA) is 63.9 Å². The SMILES string of the molecule is CCc1noc([C@H](C)N2CCN(Cc3ccc4c(c3)OCO4)CC2)n1. The Morgan fingerprint density at radius 1 is 1.12 bits per heavy atom. The van der Waals surface area contributed by atoms with Gasteiger partial charge in [-0.1, -0.05) is 18.1 Å². The summed E-state index contributed by atoms with van der Waals surface area (Å²) in [5.41, 5.74) is 1.26. The van der Waals surface area contributed by atoms with Crippen LogP contribution < -0.4 is 9.47 Å². The number of benzene rings is 1. The molecule has 0 amide bonds. The molecule has 1 atom stereocenters. The van der Waals surface area contributed by atoms with Gasteiger partial charge in [-0.25, -0.2) is 0 Å². The molecule has 0 spiro atoms. The van der Waals surface area contributed by atoms with Gasteiger partial charge >= 0.3 is 0 Å². The lowest BCUT2D eigenvalue weighted by Crippen LogP contribution is -2.46. The second-order valence-electron chi connectivity index (χ2n) is 6.58. The molecule has 1 saturated heterocycles.